The van der Waals surface area contributed by atoms with E-state index >= 15 is 0 Å². The molecule has 30 nitrogen and oxygen atoms in total. The van der Waals surface area contributed by atoms with Crippen LogP contribution in [0.4, 0.5) is 10.9 Å². The number of nitrogens with zero attached hydrogens (tertiary/aromatic N) is 6. The molecule has 3 aliphatic heterocycles. The number of nitrogens with one attached hydrogen (secondary N) is 4. The molecule has 6 heterocycles. The summed E-state index contributed by atoms with van der Waals surface area (Å²) < 4.78 is 71.5. The lowest BCUT2D eigenvalue weighted by Crippen LogP contribution is -2.64. The van der Waals surface area contributed by atoms with Crippen LogP contribution in [-0.2, 0) is 74.4 Å². The number of ether oxygens (including phenoxy) is 6. The molecule has 5 fully saturated rings. The number of para-hydroxylation sites is 1. The fourth-order valence-electron chi connectivity index (χ4n) is 16.7. The van der Waals surface area contributed by atoms with Gasteiger partial charge in [0.25, 0.3) is 27.8 Å². The Labute approximate surface area is 597 Å². The van der Waals surface area contributed by atoms with Crippen molar-refractivity contribution in [2.24, 2.45) is 16.2 Å². The Morgan fingerprint density at radius 2 is 1.59 bits per heavy atom. The minimum atomic E-state index is -4.36. The van der Waals surface area contributed by atoms with Crippen LogP contribution in [-0.4, -0.2) is 219 Å². The van der Waals surface area contributed by atoms with E-state index in [1.54, 1.807) is 18.3 Å². The minimum Gasteiger partial charge on any atom is -0.491 e. The van der Waals surface area contributed by atoms with E-state index in [2.05, 4.69) is 40.1 Å². The number of aliphatic carboxylic acids is 1. The maximum atomic E-state index is 13.8. The number of hydrogen-bond acceptors (Lipinski definition) is 25. The smallest absolute Gasteiger partial charge is 0.355 e. The molecule has 3 amide bonds. The molecule has 13 rings (SSSR count). The first-order chi connectivity index (χ1) is 49.2. The van der Waals surface area contributed by atoms with Crippen LogP contribution in [0.25, 0.3) is 21.3 Å². The Morgan fingerprint density at radius 1 is 0.825 bits per heavy atom. The molecule has 3 aromatic carbocycles. The number of rotatable bonds is 34. The van der Waals surface area contributed by atoms with Crippen LogP contribution in [0.3, 0.4) is 0 Å². The Bertz CT molecular complexity index is 4250. The number of carboxylic acid groups (broad SMARTS) is 2. The van der Waals surface area contributed by atoms with Gasteiger partial charge in [-0.05, 0) is 135 Å². The van der Waals surface area contributed by atoms with E-state index in [0.29, 0.717) is 78.8 Å². The fraction of sp³-hybridized carbons (Fsp3) is 0.507. The van der Waals surface area contributed by atoms with Crippen LogP contribution in [0.15, 0.2) is 91.1 Å². The zero-order chi connectivity index (χ0) is 73.0. The molecule has 8 atom stereocenters. The van der Waals surface area contributed by atoms with Gasteiger partial charge in [-0.2, -0.15) is 13.5 Å². The Hall–Kier alpha value is -8.38. The average molecular weight is 1460 g/mol. The zero-order valence-electron chi connectivity index (χ0n) is 57.3. The molecule has 3 aromatic heterocycles. The van der Waals surface area contributed by atoms with Crippen molar-refractivity contribution in [3.05, 3.63) is 125 Å². The lowest BCUT2D eigenvalue weighted by atomic mass is 9.39. The van der Waals surface area contributed by atoms with Gasteiger partial charge in [0, 0.05) is 98.0 Å². The third kappa shape index (κ3) is 17.5. The molecule has 4 saturated carbocycles. The number of esters is 1. The highest BCUT2D eigenvalue weighted by atomic mass is 32.2. The van der Waals surface area contributed by atoms with Gasteiger partial charge in [-0.1, -0.05) is 49.4 Å². The summed E-state index contributed by atoms with van der Waals surface area (Å²) in [5.41, 5.74) is 4.78. The summed E-state index contributed by atoms with van der Waals surface area (Å²) in [7, 11) is -4.36. The van der Waals surface area contributed by atoms with Gasteiger partial charge in [-0.25, -0.2) is 19.6 Å². The number of carbonyl (C=O) groups is 6. The molecule has 1 saturated heterocycles. The van der Waals surface area contributed by atoms with Gasteiger partial charge >= 0.3 is 17.9 Å². The second-order valence-corrected chi connectivity index (χ2v) is 31.0. The number of fused-ring (bicyclic) bond motifs is 2. The molecule has 4 bridgehead atoms. The molecule has 552 valence electrons. The lowest BCUT2D eigenvalue weighted by Gasteiger charge is -2.69. The third-order valence-electron chi connectivity index (χ3n) is 20.0. The highest BCUT2D eigenvalue weighted by Gasteiger charge is 2.66. The average Bonchev–Trinajstić information content (AvgIpc) is 0.958. The van der Waals surface area contributed by atoms with Crippen molar-refractivity contribution in [2.75, 3.05) is 88.2 Å². The van der Waals surface area contributed by atoms with Crippen molar-refractivity contribution in [2.45, 2.75) is 134 Å². The second-order valence-electron chi connectivity index (χ2n) is 28.5. The number of aromatic nitrogens is 4. The molecule has 103 heavy (non-hydrogen) atoms. The fourth-order valence-corrected chi connectivity index (χ4v) is 18.3. The first-order valence-electron chi connectivity index (χ1n) is 34.3. The van der Waals surface area contributed by atoms with Crippen molar-refractivity contribution in [1.29, 1.82) is 0 Å². The van der Waals surface area contributed by atoms with E-state index in [-0.39, 0.29) is 98.5 Å². The molecule has 7 aliphatic rings. The van der Waals surface area contributed by atoms with Gasteiger partial charge in [-0.15, -0.1) is 0 Å². The molecular formula is C71H86N10O20S2. The van der Waals surface area contributed by atoms with E-state index in [1.165, 1.54) is 41.7 Å². The summed E-state index contributed by atoms with van der Waals surface area (Å²) in [4.78, 5) is 88.3. The number of anilines is 2. The van der Waals surface area contributed by atoms with Crippen LogP contribution in [0.2, 0.25) is 0 Å². The lowest BCUT2D eigenvalue weighted by molar-refractivity contribution is -0.271. The Morgan fingerprint density at radius 3 is 2.34 bits per heavy atom. The van der Waals surface area contributed by atoms with Crippen molar-refractivity contribution in [1.82, 2.24) is 40.6 Å². The first-order valence-corrected chi connectivity index (χ1v) is 36.7. The number of pyridine rings is 1. The normalized spacial score (nSPS) is 25.3. The minimum absolute atomic E-state index is 0.00846. The molecular weight excluding hydrogens is 1380 g/mol. The van der Waals surface area contributed by atoms with Crippen molar-refractivity contribution >= 4 is 78.3 Å². The van der Waals surface area contributed by atoms with Crippen LogP contribution < -0.4 is 35.6 Å². The number of thiazole rings is 1. The second kappa shape index (κ2) is 31.1. The number of hydrogen-bond donors (Lipinski definition) is 10. The molecule has 2 unspecified atom stereocenters. The van der Waals surface area contributed by atoms with Gasteiger partial charge < -0.3 is 74.8 Å². The van der Waals surface area contributed by atoms with Crippen LogP contribution in [0.5, 0.6) is 11.5 Å². The van der Waals surface area contributed by atoms with Crippen molar-refractivity contribution in [3.8, 4) is 22.6 Å². The monoisotopic (exact) mass is 1460 g/mol. The predicted octanol–water partition coefficient (Wildman–Crippen LogP) is 4.26. The van der Waals surface area contributed by atoms with Crippen LogP contribution in [0.1, 0.15) is 102 Å². The summed E-state index contributed by atoms with van der Waals surface area (Å²) >= 11 is 1.40. The molecule has 10 N–H and O–H groups in total. The summed E-state index contributed by atoms with van der Waals surface area (Å²) in [6.45, 7) is 9.24. The van der Waals surface area contributed by atoms with Gasteiger partial charge in [0.15, 0.2) is 16.9 Å². The predicted molar refractivity (Wildman–Crippen MR) is 373 cm³/mol. The number of carbonyl (C=O) groups excluding carboxylic acids is 4. The van der Waals surface area contributed by atoms with Crippen molar-refractivity contribution in [3.63, 3.8) is 0 Å². The zero-order valence-corrected chi connectivity index (χ0v) is 58.9. The maximum absolute atomic E-state index is 13.8. The van der Waals surface area contributed by atoms with E-state index in [1.807, 2.05) is 59.0 Å². The highest BCUT2D eigenvalue weighted by molar-refractivity contribution is 7.85. The van der Waals surface area contributed by atoms with Crippen LogP contribution in [0, 0.1) is 23.2 Å². The SMILES string of the molecule is Cc1c(-c2ccc(N3CCc4cccc(C(=O)Nc5nc6ccccc6s5)c4C3)nc2C(=O)O)cnn1CC12CC3(C)CC(C)(C1)CC(OCCNCC(=O)OCc1ccc(O[C@@H]4O[C@H](C(=O)O)[C@@H](O)[C@H](O)[C@H]4O)cc1OCCOCCNC[C@H](CS(=O)(=O)O)NCCCN1C(=O)C=CC1=O)(C3)C2. The quantitative estimate of drug-likeness (QED) is 0.0117. The number of carboxylic acids is 2. The standard InChI is InChI=1S/C71H86N10O20S2/c1-42-49(47-14-15-54(77-58(47)64(89)90)79-23-18-43-8-6-9-48(50(43)32-79)63(88)78-67-76-51-10-4-5-11-53(51)102-67)30-75-81(42)41-70-36-68(2)35-69(3,37-70)39-71(38-68,40-70)99-25-21-73-31-57(84)98-33-44-12-13-46(100-66-61(87)59(85)60(86)62(101-66)65(91)92)28-52(44)97-27-26-96-24-20-72-29-45(34-103(93,94)95)74-19-7-22-80-55(82)16-17-56(80)83/h4-6,8-17,28,30,45,59-62,66,72-74,85-87H,7,18-27,29,31-41H2,1-3H3,(H,89,90)(H,91,92)(H,76,78,88)(H,93,94,95)/t45-,59+,60+,61-,62+,66-,68?,69?,70?,71?/m1/s1. The molecule has 0 spiro atoms. The third-order valence-corrected chi connectivity index (χ3v) is 21.8. The van der Waals surface area contributed by atoms with E-state index in [9.17, 15) is 67.3 Å². The number of imide groups is 1. The van der Waals surface area contributed by atoms with Gasteiger partial charge in [0.2, 0.25) is 6.29 Å². The molecule has 6 aromatic rings. The summed E-state index contributed by atoms with van der Waals surface area (Å²) in [6.07, 6.45) is 1.21. The number of amides is 3. The number of aliphatic hydroxyl groups excluding tert-OH is 3. The van der Waals surface area contributed by atoms with Crippen molar-refractivity contribution < 1.29 is 95.7 Å². The molecule has 32 heteroatoms. The van der Waals surface area contributed by atoms with Gasteiger partial charge in [0.05, 0.1) is 54.1 Å². The largest absolute Gasteiger partial charge is 0.491 e. The molecule has 0 radical (unpaired) electrons. The summed E-state index contributed by atoms with van der Waals surface area (Å²) in [5, 5.41) is 69.3. The maximum Gasteiger partial charge on any atom is 0.355 e. The number of aliphatic hydroxyl groups is 3. The van der Waals surface area contributed by atoms with Crippen LogP contribution >= 0.6 is 11.3 Å². The first kappa shape index (κ1) is 74.3. The summed E-state index contributed by atoms with van der Waals surface area (Å²) in [6, 6.07) is 20.6. The van der Waals surface area contributed by atoms with E-state index < -0.39 is 87.9 Å². The topological polar surface area (TPSA) is 412 Å². The Balaban J connectivity index is 0.632. The highest BCUT2D eigenvalue weighted by Crippen LogP contribution is 2.72. The number of aromatic carboxylic acids is 1. The Kier molecular flexibility index (Phi) is 22.5. The van der Waals surface area contributed by atoms with Gasteiger partial charge in [-0.3, -0.25) is 38.6 Å². The van der Waals surface area contributed by atoms with E-state index in [4.69, 9.17) is 38.5 Å². The number of benzene rings is 3. The van der Waals surface area contributed by atoms with Gasteiger partial charge in [0.1, 0.15) is 48.8 Å². The molecule has 4 aliphatic carbocycles. The van der Waals surface area contributed by atoms with E-state index in [0.717, 1.165) is 70.5 Å². The summed E-state index contributed by atoms with van der Waals surface area (Å²) in [5.74, 6) is -4.48.